The van der Waals surface area contributed by atoms with Crippen LogP contribution in [-0.2, 0) is 4.74 Å². The lowest BCUT2D eigenvalue weighted by Crippen LogP contribution is -2.25. The summed E-state index contributed by atoms with van der Waals surface area (Å²) < 4.78 is 4.90. The van der Waals surface area contributed by atoms with E-state index in [0.717, 1.165) is 12.1 Å². The Hall–Kier alpha value is -1.66. The number of hydrogen-bond donors (Lipinski definition) is 3. The highest BCUT2D eigenvalue weighted by Crippen LogP contribution is 2.08. The summed E-state index contributed by atoms with van der Waals surface area (Å²) in [7, 11) is 1.63. The van der Waals surface area contributed by atoms with Gasteiger partial charge in [0.25, 0.3) is 5.91 Å². The van der Waals surface area contributed by atoms with Crippen LogP contribution in [-0.4, -0.2) is 31.2 Å². The summed E-state index contributed by atoms with van der Waals surface area (Å²) in [6.07, 6.45) is 0.786. The first kappa shape index (κ1) is 13.4. The number of nitrogens with two attached hydrogens (primary N) is 1. The monoisotopic (exact) mass is 238 g/mol. The average Bonchev–Trinajstić information content (AvgIpc) is 2.33. The maximum Gasteiger partial charge on any atom is 0.251 e. The van der Waals surface area contributed by atoms with E-state index >= 15 is 0 Å². The van der Waals surface area contributed by atoms with E-state index in [1.165, 1.54) is 0 Å². The van der Waals surface area contributed by atoms with Crippen LogP contribution >= 0.6 is 0 Å². The van der Waals surface area contributed by atoms with Crippen LogP contribution in [0.1, 0.15) is 22.5 Å². The number of carbonyl (C=O) groups excluding carboxylic acids is 1. The first-order chi connectivity index (χ1) is 8.17. The van der Waals surface area contributed by atoms with E-state index < -0.39 is 0 Å². The molecule has 0 aliphatic carbocycles. The van der Waals surface area contributed by atoms with Crippen LogP contribution in [0.2, 0.25) is 0 Å². The lowest BCUT2D eigenvalue weighted by atomic mass is 10.2. The summed E-state index contributed by atoms with van der Waals surface area (Å²) in [6, 6.07) is 3.32. The van der Waals surface area contributed by atoms with E-state index in [1.807, 2.05) is 6.92 Å². The highest BCUT2D eigenvalue weighted by molar-refractivity contribution is 5.94. The molecule has 1 heterocycles. The van der Waals surface area contributed by atoms with Gasteiger partial charge in [-0.05, 0) is 25.5 Å². The molecule has 0 aliphatic rings. The van der Waals surface area contributed by atoms with Crippen molar-refractivity contribution >= 4 is 11.7 Å². The molecule has 1 amide bonds. The zero-order valence-electron chi connectivity index (χ0n) is 10.1. The number of methoxy groups -OCH3 is 1. The van der Waals surface area contributed by atoms with Crippen molar-refractivity contribution in [2.45, 2.75) is 13.3 Å². The predicted molar refractivity (Wildman–Crippen MR) is 65.6 cm³/mol. The van der Waals surface area contributed by atoms with Crippen molar-refractivity contribution in [3.63, 3.8) is 0 Å². The Balaban J connectivity index is 2.59. The van der Waals surface area contributed by atoms with E-state index in [2.05, 4.69) is 15.7 Å². The smallest absolute Gasteiger partial charge is 0.251 e. The zero-order chi connectivity index (χ0) is 12.7. The van der Waals surface area contributed by atoms with E-state index in [-0.39, 0.29) is 5.91 Å². The molecule has 4 N–H and O–H groups in total. The number of aromatic nitrogens is 1. The first-order valence-electron chi connectivity index (χ1n) is 5.40. The van der Waals surface area contributed by atoms with Crippen molar-refractivity contribution in [3.8, 4) is 0 Å². The Morgan fingerprint density at radius 3 is 2.94 bits per heavy atom. The third-order valence-corrected chi connectivity index (χ3v) is 2.17. The second-order valence-corrected chi connectivity index (χ2v) is 3.63. The number of ether oxygens (including phenoxy) is 1. The number of aryl methyl sites for hydroxylation is 1. The highest BCUT2D eigenvalue weighted by atomic mass is 16.5. The summed E-state index contributed by atoms with van der Waals surface area (Å²) >= 11 is 0. The van der Waals surface area contributed by atoms with Gasteiger partial charge in [0.05, 0.1) is 0 Å². The minimum atomic E-state index is -0.136. The number of nitrogen functional groups attached to an aromatic ring is 1. The Bertz CT molecular complexity index is 382. The second-order valence-electron chi connectivity index (χ2n) is 3.63. The van der Waals surface area contributed by atoms with Gasteiger partial charge in [-0.2, -0.15) is 0 Å². The molecule has 17 heavy (non-hydrogen) atoms. The number of carbonyl (C=O) groups is 1. The average molecular weight is 238 g/mol. The van der Waals surface area contributed by atoms with Gasteiger partial charge in [-0.3, -0.25) is 4.79 Å². The van der Waals surface area contributed by atoms with Crippen LogP contribution in [0.4, 0.5) is 5.82 Å². The molecule has 0 bridgehead atoms. The van der Waals surface area contributed by atoms with E-state index in [9.17, 15) is 4.79 Å². The minimum Gasteiger partial charge on any atom is -0.385 e. The standard InChI is InChI=1S/C11H18N4O2/c1-8-6-9(7-10(14-8)15-12)11(16)13-4-3-5-17-2/h6-7H,3-5,12H2,1-2H3,(H,13,16)(H,14,15). The van der Waals surface area contributed by atoms with Crippen LogP contribution in [0.15, 0.2) is 12.1 Å². The molecule has 0 aromatic carbocycles. The topological polar surface area (TPSA) is 89.3 Å². The van der Waals surface area contributed by atoms with Crippen LogP contribution < -0.4 is 16.6 Å². The summed E-state index contributed by atoms with van der Waals surface area (Å²) in [5, 5.41) is 2.80. The van der Waals surface area contributed by atoms with Gasteiger partial charge in [0, 0.05) is 31.5 Å². The molecule has 1 aromatic rings. The third kappa shape index (κ3) is 4.38. The fraction of sp³-hybridized carbons (Fsp3) is 0.455. The fourth-order valence-corrected chi connectivity index (χ4v) is 1.39. The molecule has 6 nitrogen and oxygen atoms in total. The molecule has 0 atom stereocenters. The van der Waals surface area contributed by atoms with Gasteiger partial charge < -0.3 is 15.5 Å². The summed E-state index contributed by atoms with van der Waals surface area (Å²) in [5.41, 5.74) is 3.71. The number of amides is 1. The van der Waals surface area contributed by atoms with Gasteiger partial charge in [-0.15, -0.1) is 0 Å². The van der Waals surface area contributed by atoms with Crippen molar-refractivity contribution in [1.29, 1.82) is 0 Å². The van der Waals surface area contributed by atoms with Gasteiger partial charge in [-0.1, -0.05) is 0 Å². The largest absolute Gasteiger partial charge is 0.385 e. The predicted octanol–water partition coefficient (Wildman–Crippen LogP) is 0.442. The van der Waals surface area contributed by atoms with Crippen molar-refractivity contribution in [2.75, 3.05) is 25.7 Å². The Kier molecular flexibility index (Phi) is 5.38. The molecule has 1 aromatic heterocycles. The molecule has 0 saturated heterocycles. The number of rotatable bonds is 6. The van der Waals surface area contributed by atoms with Crippen LogP contribution in [0.25, 0.3) is 0 Å². The van der Waals surface area contributed by atoms with E-state index in [0.29, 0.717) is 24.5 Å². The number of nitrogens with zero attached hydrogens (tertiary/aromatic N) is 1. The lowest BCUT2D eigenvalue weighted by molar-refractivity contribution is 0.0948. The van der Waals surface area contributed by atoms with Gasteiger partial charge >= 0.3 is 0 Å². The highest BCUT2D eigenvalue weighted by Gasteiger charge is 2.07. The van der Waals surface area contributed by atoms with E-state index in [1.54, 1.807) is 19.2 Å². The van der Waals surface area contributed by atoms with Gasteiger partial charge in [-0.25, -0.2) is 10.8 Å². The Labute approximate surface area is 101 Å². The van der Waals surface area contributed by atoms with Crippen LogP contribution in [0, 0.1) is 6.92 Å². The Morgan fingerprint density at radius 1 is 1.53 bits per heavy atom. The molecule has 0 unspecified atom stereocenters. The molecule has 0 radical (unpaired) electrons. The molecular weight excluding hydrogens is 220 g/mol. The fourth-order valence-electron chi connectivity index (χ4n) is 1.39. The minimum absolute atomic E-state index is 0.136. The number of hydrogen-bond acceptors (Lipinski definition) is 5. The molecular formula is C11H18N4O2. The van der Waals surface area contributed by atoms with Crippen molar-refractivity contribution in [3.05, 3.63) is 23.4 Å². The molecule has 94 valence electrons. The van der Waals surface area contributed by atoms with Gasteiger partial charge in [0.2, 0.25) is 0 Å². The van der Waals surface area contributed by atoms with Crippen molar-refractivity contribution < 1.29 is 9.53 Å². The second kappa shape index (κ2) is 6.82. The Morgan fingerprint density at radius 2 is 2.29 bits per heavy atom. The number of hydrazine groups is 1. The van der Waals surface area contributed by atoms with E-state index in [4.69, 9.17) is 10.6 Å². The number of pyridine rings is 1. The molecule has 1 rings (SSSR count). The van der Waals surface area contributed by atoms with Crippen molar-refractivity contribution in [2.24, 2.45) is 5.84 Å². The lowest BCUT2D eigenvalue weighted by Gasteiger charge is -2.07. The molecule has 0 aliphatic heterocycles. The SMILES string of the molecule is COCCCNC(=O)c1cc(C)nc(NN)c1. The maximum atomic E-state index is 11.8. The number of nitrogens with one attached hydrogen (secondary N) is 2. The third-order valence-electron chi connectivity index (χ3n) is 2.17. The molecule has 6 heteroatoms. The number of anilines is 1. The summed E-state index contributed by atoms with van der Waals surface area (Å²) in [6.45, 7) is 3.02. The quantitative estimate of drug-likeness (QED) is 0.380. The van der Waals surface area contributed by atoms with Gasteiger partial charge in [0.1, 0.15) is 5.82 Å². The summed E-state index contributed by atoms with van der Waals surface area (Å²) in [4.78, 5) is 15.9. The van der Waals surface area contributed by atoms with Crippen LogP contribution in [0.3, 0.4) is 0 Å². The van der Waals surface area contributed by atoms with Gasteiger partial charge in [0.15, 0.2) is 0 Å². The normalized spacial score (nSPS) is 10.1. The maximum absolute atomic E-state index is 11.8. The summed E-state index contributed by atoms with van der Waals surface area (Å²) in [5.74, 6) is 5.61. The zero-order valence-corrected chi connectivity index (χ0v) is 10.1. The molecule has 0 saturated carbocycles. The molecule has 0 spiro atoms. The van der Waals surface area contributed by atoms with Crippen LogP contribution in [0.5, 0.6) is 0 Å². The first-order valence-corrected chi connectivity index (χ1v) is 5.40. The molecule has 0 fully saturated rings. The van der Waals surface area contributed by atoms with Crippen molar-refractivity contribution in [1.82, 2.24) is 10.3 Å².